The van der Waals surface area contributed by atoms with E-state index in [9.17, 15) is 16.8 Å². The van der Waals surface area contributed by atoms with E-state index in [0.29, 0.717) is 24.3 Å². The van der Waals surface area contributed by atoms with Crippen molar-refractivity contribution < 1.29 is 16.8 Å². The zero-order valence-corrected chi connectivity index (χ0v) is 12.7. The smallest absolute Gasteiger partial charge is 0.271 e. The Hall–Kier alpha value is -1.32. The highest BCUT2D eigenvalue weighted by Crippen LogP contribution is 2.26. The summed E-state index contributed by atoms with van der Waals surface area (Å²) in [7, 11) is -5.63. The molecule has 1 heterocycles. The average molecular weight is 319 g/mol. The molecule has 1 fully saturated rings. The third kappa shape index (κ3) is 3.41. The van der Waals surface area contributed by atoms with Crippen LogP contribution in [0.25, 0.3) is 0 Å². The molecule has 1 aromatic carbocycles. The van der Waals surface area contributed by atoms with Gasteiger partial charge in [-0.25, -0.2) is 13.1 Å². The normalized spacial score (nSPS) is 18.8. The predicted octanol–water partition coefficient (Wildman–Crippen LogP) is 0.493. The lowest BCUT2D eigenvalue weighted by Gasteiger charge is -2.28. The molecule has 9 heteroatoms. The summed E-state index contributed by atoms with van der Waals surface area (Å²) in [6.45, 7) is 0.421. The molecule has 112 valence electrons. The topological polar surface area (TPSA) is 95.6 Å². The minimum atomic E-state index is -3.62. The van der Waals surface area contributed by atoms with E-state index in [4.69, 9.17) is 0 Å². The first-order valence-electron chi connectivity index (χ1n) is 6.16. The van der Waals surface area contributed by atoms with Crippen LogP contribution in [0.15, 0.2) is 24.3 Å². The summed E-state index contributed by atoms with van der Waals surface area (Å²) < 4.78 is 52.7. The van der Waals surface area contributed by atoms with Gasteiger partial charge in [0.15, 0.2) is 0 Å². The van der Waals surface area contributed by atoms with Crippen molar-refractivity contribution in [1.82, 2.24) is 4.72 Å². The van der Waals surface area contributed by atoms with E-state index in [1.165, 1.54) is 17.4 Å². The molecule has 1 aliphatic heterocycles. The second kappa shape index (κ2) is 5.58. The molecule has 0 atom stereocenters. The number of sulfonamides is 1. The Morgan fingerprint density at radius 2 is 2.00 bits per heavy atom. The van der Waals surface area contributed by atoms with Gasteiger partial charge in [-0.3, -0.25) is 9.03 Å². The van der Waals surface area contributed by atoms with E-state index < -0.39 is 20.2 Å². The van der Waals surface area contributed by atoms with E-state index in [1.54, 1.807) is 18.2 Å². The molecular formula is C11H17N3O4S2. The summed E-state index contributed by atoms with van der Waals surface area (Å²) in [5, 5.41) is 0. The van der Waals surface area contributed by atoms with Gasteiger partial charge in [0.25, 0.3) is 10.2 Å². The van der Waals surface area contributed by atoms with Crippen LogP contribution in [0.4, 0.5) is 11.4 Å². The first-order chi connectivity index (χ1) is 9.34. The maximum atomic E-state index is 12.0. The van der Waals surface area contributed by atoms with Crippen LogP contribution in [0.2, 0.25) is 0 Å². The fraction of sp³-hybridized carbons (Fsp3) is 0.455. The van der Waals surface area contributed by atoms with E-state index >= 15 is 0 Å². The lowest BCUT2D eigenvalue weighted by atomic mass is 10.2. The molecule has 2 N–H and O–H groups in total. The number of rotatable bonds is 4. The second-order valence-corrected chi connectivity index (χ2v) is 8.09. The van der Waals surface area contributed by atoms with Crippen LogP contribution in [0, 0.1) is 0 Å². The summed E-state index contributed by atoms with van der Waals surface area (Å²) >= 11 is 0. The molecule has 7 nitrogen and oxygen atoms in total. The van der Waals surface area contributed by atoms with Crippen molar-refractivity contribution in [3.05, 3.63) is 24.3 Å². The molecule has 0 unspecified atom stereocenters. The van der Waals surface area contributed by atoms with Gasteiger partial charge < -0.3 is 0 Å². The van der Waals surface area contributed by atoms with Gasteiger partial charge in [0, 0.05) is 13.6 Å². The fourth-order valence-corrected chi connectivity index (χ4v) is 4.18. The molecule has 2 rings (SSSR count). The van der Waals surface area contributed by atoms with Crippen LogP contribution < -0.4 is 13.7 Å². The van der Waals surface area contributed by atoms with Crippen LogP contribution in [0.3, 0.4) is 0 Å². The first-order valence-corrected chi connectivity index (χ1v) is 9.25. The molecule has 0 aliphatic carbocycles. The molecule has 20 heavy (non-hydrogen) atoms. The van der Waals surface area contributed by atoms with Crippen molar-refractivity contribution in [3.63, 3.8) is 0 Å². The van der Waals surface area contributed by atoms with Crippen molar-refractivity contribution in [1.29, 1.82) is 0 Å². The Morgan fingerprint density at radius 3 is 2.65 bits per heavy atom. The number of anilines is 2. The van der Waals surface area contributed by atoms with Crippen LogP contribution in [-0.4, -0.2) is 36.2 Å². The van der Waals surface area contributed by atoms with Gasteiger partial charge >= 0.3 is 0 Å². The van der Waals surface area contributed by atoms with Gasteiger partial charge in [-0.1, -0.05) is 6.07 Å². The quantitative estimate of drug-likeness (QED) is 0.844. The maximum Gasteiger partial charge on any atom is 0.298 e. The highest BCUT2D eigenvalue weighted by Gasteiger charge is 2.26. The van der Waals surface area contributed by atoms with Gasteiger partial charge in [0.1, 0.15) is 0 Å². The molecule has 0 aromatic heterocycles. The predicted molar refractivity (Wildman–Crippen MR) is 78.4 cm³/mol. The van der Waals surface area contributed by atoms with Crippen molar-refractivity contribution in [3.8, 4) is 0 Å². The van der Waals surface area contributed by atoms with Crippen LogP contribution in [0.1, 0.15) is 12.8 Å². The highest BCUT2D eigenvalue weighted by atomic mass is 32.2. The third-order valence-corrected chi connectivity index (χ3v) is 5.92. The molecule has 0 radical (unpaired) electrons. The summed E-state index contributed by atoms with van der Waals surface area (Å²) in [5.74, 6) is 0.124. The number of hydrogen-bond donors (Lipinski definition) is 2. The molecule has 1 aromatic rings. The van der Waals surface area contributed by atoms with Gasteiger partial charge in [-0.05, 0) is 31.0 Å². The number of nitrogens with zero attached hydrogens (tertiary/aromatic N) is 1. The molecule has 0 amide bonds. The largest absolute Gasteiger partial charge is 0.298 e. The molecule has 0 bridgehead atoms. The SMILES string of the molecule is CNS(=O)(=O)Nc1cccc(N2CCCCS2(=O)=O)c1. The third-order valence-electron chi connectivity index (χ3n) is 3.00. The Kier molecular flexibility index (Phi) is 4.21. The van der Waals surface area contributed by atoms with Gasteiger partial charge in [0.2, 0.25) is 10.0 Å². The van der Waals surface area contributed by atoms with Crippen LogP contribution in [0.5, 0.6) is 0 Å². The number of nitrogens with one attached hydrogen (secondary N) is 2. The molecular weight excluding hydrogens is 302 g/mol. The maximum absolute atomic E-state index is 12.0. The van der Waals surface area contributed by atoms with Crippen molar-refractivity contribution >= 4 is 31.6 Å². The first kappa shape index (κ1) is 15.1. The molecule has 0 saturated carbocycles. The molecule has 1 aliphatic rings. The second-order valence-electron chi connectivity index (χ2n) is 4.46. The summed E-state index contributed by atoms with van der Waals surface area (Å²) in [5.41, 5.74) is 0.790. The number of benzene rings is 1. The zero-order valence-electron chi connectivity index (χ0n) is 11.0. The summed E-state index contributed by atoms with van der Waals surface area (Å²) in [4.78, 5) is 0. The lowest BCUT2D eigenvalue weighted by Crippen LogP contribution is -2.37. The van der Waals surface area contributed by atoms with Gasteiger partial charge in [-0.2, -0.15) is 8.42 Å². The lowest BCUT2D eigenvalue weighted by molar-refractivity contribution is 0.574. The van der Waals surface area contributed by atoms with Crippen LogP contribution in [-0.2, 0) is 20.2 Å². The van der Waals surface area contributed by atoms with Gasteiger partial charge in [0.05, 0.1) is 17.1 Å². The van der Waals surface area contributed by atoms with E-state index in [1.807, 2.05) is 0 Å². The van der Waals surface area contributed by atoms with E-state index in [-0.39, 0.29) is 5.75 Å². The zero-order chi connectivity index (χ0) is 14.8. The number of hydrogen-bond acceptors (Lipinski definition) is 4. The highest BCUT2D eigenvalue weighted by molar-refractivity contribution is 7.92. The van der Waals surface area contributed by atoms with Gasteiger partial charge in [-0.15, -0.1) is 0 Å². The average Bonchev–Trinajstić information content (AvgIpc) is 2.38. The Balaban J connectivity index is 2.30. The van der Waals surface area contributed by atoms with E-state index in [2.05, 4.69) is 9.44 Å². The summed E-state index contributed by atoms with van der Waals surface area (Å²) in [6, 6.07) is 6.35. The minimum absolute atomic E-state index is 0.124. The summed E-state index contributed by atoms with van der Waals surface area (Å²) in [6.07, 6.45) is 1.45. The molecule has 1 saturated heterocycles. The fourth-order valence-electron chi connectivity index (χ4n) is 2.01. The van der Waals surface area contributed by atoms with Crippen molar-refractivity contribution in [2.45, 2.75) is 12.8 Å². The van der Waals surface area contributed by atoms with Crippen LogP contribution >= 0.6 is 0 Å². The standard InChI is InChI=1S/C11H17N3O4S2/c1-12-20(17,18)13-10-5-4-6-11(9-10)14-7-2-3-8-19(14,15)16/h4-6,9,12-13H,2-3,7-8H2,1H3. The monoisotopic (exact) mass is 319 g/mol. The Morgan fingerprint density at radius 1 is 1.25 bits per heavy atom. The van der Waals surface area contributed by atoms with Crippen molar-refractivity contribution in [2.75, 3.05) is 28.4 Å². The van der Waals surface area contributed by atoms with E-state index in [0.717, 1.165) is 6.42 Å². The Bertz CT molecular complexity index is 685. The minimum Gasteiger partial charge on any atom is -0.271 e. The van der Waals surface area contributed by atoms with Crippen molar-refractivity contribution in [2.24, 2.45) is 0 Å². The Labute approximate surface area is 119 Å². The molecule has 0 spiro atoms.